The van der Waals surface area contributed by atoms with Gasteiger partial charge in [0.05, 0.1) is 6.07 Å². The summed E-state index contributed by atoms with van der Waals surface area (Å²) in [6.07, 6.45) is 3.29. The first-order valence-electron chi connectivity index (χ1n) is 10.4. The van der Waals surface area contributed by atoms with E-state index in [-0.39, 0.29) is 30.4 Å². The predicted molar refractivity (Wildman–Crippen MR) is 124 cm³/mol. The van der Waals surface area contributed by atoms with Crippen LogP contribution >= 0.6 is 0 Å². The van der Waals surface area contributed by atoms with Crippen molar-refractivity contribution in [3.05, 3.63) is 137 Å². The van der Waals surface area contributed by atoms with E-state index in [1.54, 1.807) is 24.3 Å². The van der Waals surface area contributed by atoms with Gasteiger partial charge in [-0.15, -0.1) is 0 Å². The predicted octanol–water partition coefficient (Wildman–Crippen LogP) is 6.94. The van der Waals surface area contributed by atoms with Crippen LogP contribution in [0.3, 0.4) is 0 Å². The minimum atomic E-state index is -0.444. The van der Waals surface area contributed by atoms with Crippen molar-refractivity contribution in [2.75, 3.05) is 0 Å². The maximum atomic E-state index is 14.5. The van der Waals surface area contributed by atoms with E-state index < -0.39 is 11.6 Å². The molecule has 0 amide bonds. The first-order valence-corrected chi connectivity index (χ1v) is 10.4. The zero-order chi connectivity index (χ0) is 24.5. The van der Waals surface area contributed by atoms with Crippen LogP contribution in [0, 0.1) is 28.8 Å². The summed E-state index contributed by atoms with van der Waals surface area (Å²) in [4.78, 5) is 0. The van der Waals surface area contributed by atoms with Crippen molar-refractivity contribution in [2.45, 2.75) is 19.6 Å². The van der Waals surface area contributed by atoms with Gasteiger partial charge < -0.3 is 9.47 Å². The summed E-state index contributed by atoms with van der Waals surface area (Å²) in [5, 5.41) is 8.67. The number of hydrogen-bond acceptors (Lipinski definition) is 3. The zero-order valence-corrected chi connectivity index (χ0v) is 18.4. The highest BCUT2D eigenvalue weighted by molar-refractivity contribution is 5.34. The molecule has 0 aliphatic carbocycles. The second kappa shape index (κ2) is 11.6. The van der Waals surface area contributed by atoms with Gasteiger partial charge in [-0.05, 0) is 66.1 Å². The van der Waals surface area contributed by atoms with Gasteiger partial charge in [0.15, 0.2) is 0 Å². The molecule has 0 radical (unpaired) electrons. The summed E-state index contributed by atoms with van der Waals surface area (Å²) >= 11 is 0. The molecule has 172 valence electrons. The molecular formula is C28H22F3NO2. The van der Waals surface area contributed by atoms with E-state index in [0.717, 1.165) is 0 Å². The summed E-state index contributed by atoms with van der Waals surface area (Å²) in [5.74, 6) is -0.534. The Kier molecular flexibility index (Phi) is 8.31. The highest BCUT2D eigenvalue weighted by Gasteiger charge is 2.09. The second-order valence-corrected chi connectivity index (χ2v) is 7.50. The van der Waals surface area contributed by atoms with Crippen molar-refractivity contribution >= 4 is 0 Å². The van der Waals surface area contributed by atoms with E-state index in [1.807, 2.05) is 6.07 Å². The number of hydrogen-bond donors (Lipinski definition) is 0. The molecule has 0 atom stereocenters. The molecule has 3 aromatic carbocycles. The van der Waals surface area contributed by atoms with Crippen molar-refractivity contribution in [1.29, 1.82) is 5.26 Å². The SMILES string of the molecule is C=C(C#N)C=CC(=C)OCc1ccc(Cc2ccc(COc3ccc(F)cc3)c(F)c2)cc1F. The number of nitriles is 1. The van der Waals surface area contributed by atoms with E-state index in [4.69, 9.17) is 14.7 Å². The van der Waals surface area contributed by atoms with Gasteiger partial charge in [0, 0.05) is 16.7 Å². The van der Waals surface area contributed by atoms with Crippen LogP contribution in [0.15, 0.2) is 97.3 Å². The van der Waals surface area contributed by atoms with E-state index in [2.05, 4.69) is 13.2 Å². The summed E-state index contributed by atoms with van der Waals surface area (Å²) in [6.45, 7) is 7.18. The van der Waals surface area contributed by atoms with Crippen molar-refractivity contribution in [2.24, 2.45) is 0 Å². The zero-order valence-electron chi connectivity index (χ0n) is 18.4. The fourth-order valence-electron chi connectivity index (χ4n) is 3.01. The Balaban J connectivity index is 1.57. The second-order valence-electron chi connectivity index (χ2n) is 7.50. The topological polar surface area (TPSA) is 42.2 Å². The number of ether oxygens (including phenoxy) is 2. The summed E-state index contributed by atoms with van der Waals surface area (Å²) in [5.41, 5.74) is 2.32. The fraction of sp³-hybridized carbons (Fsp3) is 0.107. The van der Waals surface area contributed by atoms with Crippen LogP contribution in [0.4, 0.5) is 13.2 Å². The molecule has 0 N–H and O–H groups in total. The standard InChI is InChI=1S/C28H22F3NO2/c1-19(16-32)3-4-20(2)33-17-23-7-5-21(14-27(23)30)13-22-6-8-24(28(31)15-22)18-34-26-11-9-25(29)10-12-26/h3-12,14-15H,1-2,13,17-18H2. The lowest BCUT2D eigenvalue weighted by Crippen LogP contribution is -2.01. The number of benzene rings is 3. The summed E-state index contributed by atoms with van der Waals surface area (Å²) in [6, 6.07) is 16.9. The first-order chi connectivity index (χ1) is 16.3. The molecule has 0 aromatic heterocycles. The van der Waals surface area contributed by atoms with Gasteiger partial charge in [-0.1, -0.05) is 37.4 Å². The molecule has 3 aromatic rings. The lowest BCUT2D eigenvalue weighted by molar-refractivity contribution is 0.208. The van der Waals surface area contributed by atoms with Crippen molar-refractivity contribution in [1.82, 2.24) is 0 Å². The summed E-state index contributed by atoms with van der Waals surface area (Å²) in [7, 11) is 0. The normalized spacial score (nSPS) is 10.6. The van der Waals surface area contributed by atoms with Crippen LogP contribution in [-0.2, 0) is 24.4 Å². The lowest BCUT2D eigenvalue weighted by atomic mass is 10.0. The van der Waals surface area contributed by atoms with Gasteiger partial charge in [0.1, 0.15) is 42.2 Å². The van der Waals surface area contributed by atoms with Crippen LogP contribution in [-0.4, -0.2) is 0 Å². The van der Waals surface area contributed by atoms with Crippen LogP contribution in [0.1, 0.15) is 22.3 Å². The number of allylic oxidation sites excluding steroid dienone is 3. The molecule has 0 fully saturated rings. The van der Waals surface area contributed by atoms with Crippen molar-refractivity contribution < 1.29 is 22.6 Å². The quantitative estimate of drug-likeness (QED) is 0.187. The third-order valence-corrected chi connectivity index (χ3v) is 4.88. The summed E-state index contributed by atoms with van der Waals surface area (Å²) < 4.78 is 52.9. The van der Waals surface area contributed by atoms with Gasteiger partial charge in [-0.25, -0.2) is 13.2 Å². The highest BCUT2D eigenvalue weighted by Crippen LogP contribution is 2.20. The van der Waals surface area contributed by atoms with E-state index in [9.17, 15) is 13.2 Å². The van der Waals surface area contributed by atoms with E-state index in [0.29, 0.717) is 34.4 Å². The first kappa shape index (κ1) is 24.4. The minimum absolute atomic E-state index is 0.00613. The Morgan fingerprint density at radius 1 is 0.824 bits per heavy atom. The maximum absolute atomic E-state index is 14.5. The van der Waals surface area contributed by atoms with E-state index in [1.165, 1.54) is 48.6 Å². The van der Waals surface area contributed by atoms with Crippen LogP contribution in [0.2, 0.25) is 0 Å². The molecule has 3 nitrogen and oxygen atoms in total. The Morgan fingerprint density at radius 3 is 1.97 bits per heavy atom. The fourth-order valence-corrected chi connectivity index (χ4v) is 3.01. The molecule has 3 rings (SSSR count). The van der Waals surface area contributed by atoms with Crippen LogP contribution in [0.5, 0.6) is 5.75 Å². The average Bonchev–Trinajstić information content (AvgIpc) is 2.82. The van der Waals surface area contributed by atoms with Gasteiger partial charge in [0.25, 0.3) is 0 Å². The van der Waals surface area contributed by atoms with Gasteiger partial charge in [0.2, 0.25) is 0 Å². The van der Waals surface area contributed by atoms with Crippen LogP contribution < -0.4 is 4.74 Å². The third-order valence-electron chi connectivity index (χ3n) is 4.88. The Hall–Kier alpha value is -4.24. The molecule has 0 saturated carbocycles. The molecule has 0 spiro atoms. The highest BCUT2D eigenvalue weighted by atomic mass is 19.1. The lowest BCUT2D eigenvalue weighted by Gasteiger charge is -2.10. The third kappa shape index (κ3) is 7.14. The van der Waals surface area contributed by atoms with Crippen molar-refractivity contribution in [3.8, 4) is 11.8 Å². The molecule has 34 heavy (non-hydrogen) atoms. The van der Waals surface area contributed by atoms with E-state index >= 15 is 0 Å². The molecule has 0 aliphatic rings. The smallest absolute Gasteiger partial charge is 0.130 e. The molecule has 0 unspecified atom stereocenters. The largest absolute Gasteiger partial charge is 0.489 e. The Bertz CT molecular complexity index is 1260. The molecule has 6 heteroatoms. The van der Waals surface area contributed by atoms with Crippen molar-refractivity contribution in [3.63, 3.8) is 0 Å². The molecule has 0 aliphatic heterocycles. The monoisotopic (exact) mass is 461 g/mol. The molecular weight excluding hydrogens is 439 g/mol. The van der Waals surface area contributed by atoms with Gasteiger partial charge >= 0.3 is 0 Å². The Morgan fingerprint density at radius 2 is 1.41 bits per heavy atom. The molecule has 0 bridgehead atoms. The number of nitrogens with zero attached hydrogens (tertiary/aromatic N) is 1. The average molecular weight is 461 g/mol. The maximum Gasteiger partial charge on any atom is 0.130 e. The van der Waals surface area contributed by atoms with Gasteiger partial charge in [-0.2, -0.15) is 5.26 Å². The number of rotatable bonds is 10. The molecule has 0 heterocycles. The molecule has 0 saturated heterocycles. The number of halogens is 3. The minimum Gasteiger partial charge on any atom is -0.489 e. The van der Waals surface area contributed by atoms with Crippen LogP contribution in [0.25, 0.3) is 0 Å². The van der Waals surface area contributed by atoms with Gasteiger partial charge in [-0.3, -0.25) is 0 Å². The Labute approximate surface area is 196 Å².